The molecule has 0 saturated heterocycles. The lowest BCUT2D eigenvalue weighted by molar-refractivity contribution is 0.813. The number of hydrogen-bond acceptors (Lipinski definition) is 0. The van der Waals surface area contributed by atoms with E-state index in [-0.39, 0.29) is 0 Å². The first-order valence-electron chi connectivity index (χ1n) is 5.58. The highest BCUT2D eigenvalue weighted by Crippen LogP contribution is 2.26. The number of allylic oxidation sites excluding steroid dienone is 1. The van der Waals surface area contributed by atoms with Crippen molar-refractivity contribution >= 4 is 6.08 Å². The zero-order valence-corrected chi connectivity index (χ0v) is 9.14. The van der Waals surface area contributed by atoms with Crippen molar-refractivity contribution in [2.75, 3.05) is 0 Å². The van der Waals surface area contributed by atoms with E-state index in [0.717, 1.165) is 0 Å². The van der Waals surface area contributed by atoms with Crippen LogP contribution in [-0.2, 0) is 6.42 Å². The summed E-state index contributed by atoms with van der Waals surface area (Å²) in [6, 6.07) is 6.80. The van der Waals surface area contributed by atoms with E-state index >= 15 is 0 Å². The van der Waals surface area contributed by atoms with E-state index in [9.17, 15) is 0 Å². The Balaban J connectivity index is 2.30. The molecule has 0 radical (unpaired) electrons. The van der Waals surface area contributed by atoms with Crippen molar-refractivity contribution < 1.29 is 0 Å². The van der Waals surface area contributed by atoms with Crippen LogP contribution >= 0.6 is 0 Å². The molecular weight excluding hydrogens is 168 g/mol. The summed E-state index contributed by atoms with van der Waals surface area (Å²) in [6.07, 6.45) is 7.44. The Hall–Kier alpha value is -1.04. The fourth-order valence-corrected chi connectivity index (χ4v) is 2.20. The minimum atomic E-state index is 1.24. The highest BCUT2D eigenvalue weighted by Gasteiger charge is 2.09. The SMILES string of the molecule is CCCC1=Cc2ccc(C)cc2CC1. The van der Waals surface area contributed by atoms with Crippen molar-refractivity contribution in [2.24, 2.45) is 0 Å². The van der Waals surface area contributed by atoms with Crippen molar-refractivity contribution in [3.05, 3.63) is 40.5 Å². The molecule has 0 amide bonds. The molecule has 0 heteroatoms. The van der Waals surface area contributed by atoms with Gasteiger partial charge in [0.25, 0.3) is 0 Å². The number of benzene rings is 1. The Labute approximate surface area is 86.7 Å². The fourth-order valence-electron chi connectivity index (χ4n) is 2.20. The van der Waals surface area contributed by atoms with Gasteiger partial charge in [-0.1, -0.05) is 48.8 Å². The predicted octanol–water partition coefficient (Wildman–Crippen LogP) is 4.12. The second-order valence-electron chi connectivity index (χ2n) is 4.25. The molecule has 0 bridgehead atoms. The molecule has 2 rings (SSSR count). The van der Waals surface area contributed by atoms with Crippen LogP contribution in [0.5, 0.6) is 0 Å². The Morgan fingerprint density at radius 2 is 2.07 bits per heavy atom. The first kappa shape index (κ1) is 9.51. The summed E-state index contributed by atoms with van der Waals surface area (Å²) in [5.41, 5.74) is 6.00. The van der Waals surface area contributed by atoms with Crippen molar-refractivity contribution in [1.29, 1.82) is 0 Å². The number of aryl methyl sites for hydroxylation is 2. The maximum Gasteiger partial charge on any atom is -0.0225 e. The van der Waals surface area contributed by atoms with Crippen LogP contribution in [0.15, 0.2) is 23.8 Å². The summed E-state index contributed by atoms with van der Waals surface area (Å²) in [7, 11) is 0. The highest BCUT2D eigenvalue weighted by atomic mass is 14.1. The van der Waals surface area contributed by atoms with Gasteiger partial charge in [-0.3, -0.25) is 0 Å². The molecule has 1 aliphatic rings. The number of rotatable bonds is 2. The maximum absolute atomic E-state index is 2.39. The van der Waals surface area contributed by atoms with Gasteiger partial charge in [0.1, 0.15) is 0 Å². The van der Waals surface area contributed by atoms with Gasteiger partial charge in [-0.25, -0.2) is 0 Å². The Morgan fingerprint density at radius 3 is 2.86 bits per heavy atom. The van der Waals surface area contributed by atoms with Gasteiger partial charge in [0.2, 0.25) is 0 Å². The van der Waals surface area contributed by atoms with Crippen LogP contribution < -0.4 is 0 Å². The van der Waals surface area contributed by atoms with Gasteiger partial charge in [-0.05, 0) is 37.3 Å². The summed E-state index contributed by atoms with van der Waals surface area (Å²) in [5.74, 6) is 0. The van der Waals surface area contributed by atoms with Crippen LogP contribution in [0.2, 0.25) is 0 Å². The molecule has 0 aromatic heterocycles. The molecule has 0 atom stereocenters. The molecule has 0 fully saturated rings. The summed E-state index contributed by atoms with van der Waals surface area (Å²) < 4.78 is 0. The molecule has 0 heterocycles. The Morgan fingerprint density at radius 1 is 1.21 bits per heavy atom. The van der Waals surface area contributed by atoms with E-state index < -0.39 is 0 Å². The van der Waals surface area contributed by atoms with Crippen molar-refractivity contribution in [3.8, 4) is 0 Å². The highest BCUT2D eigenvalue weighted by molar-refractivity contribution is 5.60. The summed E-state index contributed by atoms with van der Waals surface area (Å²) >= 11 is 0. The van der Waals surface area contributed by atoms with Gasteiger partial charge < -0.3 is 0 Å². The largest absolute Gasteiger partial charge is 0.0693 e. The summed E-state index contributed by atoms with van der Waals surface area (Å²) in [5, 5.41) is 0. The molecule has 0 unspecified atom stereocenters. The smallest absolute Gasteiger partial charge is 0.0225 e. The zero-order chi connectivity index (χ0) is 9.97. The van der Waals surface area contributed by atoms with Gasteiger partial charge in [0.05, 0.1) is 0 Å². The van der Waals surface area contributed by atoms with Crippen molar-refractivity contribution in [1.82, 2.24) is 0 Å². The van der Waals surface area contributed by atoms with E-state index in [1.54, 1.807) is 5.57 Å². The van der Waals surface area contributed by atoms with Crippen LogP contribution in [0.1, 0.15) is 42.9 Å². The molecule has 0 aliphatic heterocycles. The second kappa shape index (κ2) is 4.00. The summed E-state index contributed by atoms with van der Waals surface area (Å²) in [6.45, 7) is 4.43. The molecule has 0 saturated carbocycles. The first-order chi connectivity index (χ1) is 6.79. The predicted molar refractivity (Wildman–Crippen MR) is 62.4 cm³/mol. The number of hydrogen-bond donors (Lipinski definition) is 0. The minimum absolute atomic E-state index is 1.24. The fraction of sp³-hybridized carbons (Fsp3) is 0.429. The van der Waals surface area contributed by atoms with Gasteiger partial charge in [-0.2, -0.15) is 0 Å². The van der Waals surface area contributed by atoms with Crippen LogP contribution in [0, 0.1) is 6.92 Å². The minimum Gasteiger partial charge on any atom is -0.0693 e. The van der Waals surface area contributed by atoms with E-state index in [1.165, 1.54) is 42.4 Å². The Kier molecular flexibility index (Phi) is 2.72. The molecule has 14 heavy (non-hydrogen) atoms. The van der Waals surface area contributed by atoms with Gasteiger partial charge >= 0.3 is 0 Å². The average Bonchev–Trinajstić information content (AvgIpc) is 2.19. The third-order valence-electron chi connectivity index (χ3n) is 2.94. The van der Waals surface area contributed by atoms with E-state index in [4.69, 9.17) is 0 Å². The lowest BCUT2D eigenvalue weighted by atomic mass is 9.89. The molecule has 1 aromatic carbocycles. The quantitative estimate of drug-likeness (QED) is 0.651. The molecular formula is C14H18. The molecule has 0 spiro atoms. The molecule has 1 aliphatic carbocycles. The van der Waals surface area contributed by atoms with E-state index in [2.05, 4.69) is 38.1 Å². The lowest BCUT2D eigenvalue weighted by Gasteiger charge is -2.16. The lowest BCUT2D eigenvalue weighted by Crippen LogP contribution is -1.99. The molecule has 0 nitrogen and oxygen atoms in total. The molecule has 74 valence electrons. The number of fused-ring (bicyclic) bond motifs is 1. The summed E-state index contributed by atoms with van der Waals surface area (Å²) in [4.78, 5) is 0. The van der Waals surface area contributed by atoms with Crippen molar-refractivity contribution in [3.63, 3.8) is 0 Å². The van der Waals surface area contributed by atoms with Crippen LogP contribution in [0.4, 0.5) is 0 Å². The molecule has 1 aromatic rings. The van der Waals surface area contributed by atoms with Crippen LogP contribution in [0.25, 0.3) is 6.08 Å². The zero-order valence-electron chi connectivity index (χ0n) is 9.14. The average molecular weight is 186 g/mol. The maximum atomic E-state index is 2.39. The normalized spacial score (nSPS) is 14.9. The van der Waals surface area contributed by atoms with Crippen LogP contribution in [-0.4, -0.2) is 0 Å². The van der Waals surface area contributed by atoms with Gasteiger partial charge in [0, 0.05) is 0 Å². The van der Waals surface area contributed by atoms with E-state index in [0.29, 0.717) is 0 Å². The topological polar surface area (TPSA) is 0 Å². The molecule has 0 N–H and O–H groups in total. The van der Waals surface area contributed by atoms with E-state index in [1.807, 2.05) is 0 Å². The van der Waals surface area contributed by atoms with Crippen LogP contribution in [0.3, 0.4) is 0 Å². The first-order valence-corrected chi connectivity index (χ1v) is 5.58. The van der Waals surface area contributed by atoms with Gasteiger partial charge in [0.15, 0.2) is 0 Å². The second-order valence-corrected chi connectivity index (χ2v) is 4.25. The third kappa shape index (κ3) is 1.89. The third-order valence-corrected chi connectivity index (χ3v) is 2.94. The monoisotopic (exact) mass is 186 g/mol. The Bertz CT molecular complexity index is 358. The van der Waals surface area contributed by atoms with Crippen molar-refractivity contribution in [2.45, 2.75) is 39.5 Å². The van der Waals surface area contributed by atoms with Gasteiger partial charge in [-0.15, -0.1) is 0 Å². The standard InChI is InChI=1S/C14H18/c1-3-4-12-6-8-13-9-11(2)5-7-14(13)10-12/h5,7,9-10H,3-4,6,8H2,1-2H3.